The van der Waals surface area contributed by atoms with Crippen LogP contribution in [0, 0.1) is 11.3 Å². The molecule has 1 saturated carbocycles. The Morgan fingerprint density at radius 3 is 2.45 bits per heavy atom. The fraction of sp³-hybridized carbons (Fsp3) is 0.944. The van der Waals surface area contributed by atoms with Gasteiger partial charge in [-0.05, 0) is 38.0 Å². The summed E-state index contributed by atoms with van der Waals surface area (Å²) in [5.41, 5.74) is 0.302. The van der Waals surface area contributed by atoms with E-state index in [4.69, 9.17) is 4.74 Å². The van der Waals surface area contributed by atoms with Crippen LogP contribution in [-0.4, -0.2) is 18.5 Å². The highest BCUT2D eigenvalue weighted by atomic mass is 16.5. The minimum Gasteiger partial charge on any atom is -0.377 e. The molecule has 0 aromatic carbocycles. The number of ether oxygens (including phenoxy) is 1. The van der Waals surface area contributed by atoms with Gasteiger partial charge in [0.25, 0.3) is 0 Å². The van der Waals surface area contributed by atoms with E-state index >= 15 is 0 Å². The smallest absolute Gasteiger partial charge is 0.135 e. The second kappa shape index (κ2) is 8.81. The van der Waals surface area contributed by atoms with Crippen molar-refractivity contribution in [3.63, 3.8) is 0 Å². The topological polar surface area (TPSA) is 26.3 Å². The molecule has 2 atom stereocenters. The fourth-order valence-electron chi connectivity index (χ4n) is 3.29. The minimum absolute atomic E-state index is 0.124. The van der Waals surface area contributed by atoms with Gasteiger partial charge >= 0.3 is 0 Å². The Bertz CT molecular complexity index is 283. The molecule has 0 radical (unpaired) electrons. The molecule has 0 N–H and O–H groups in total. The van der Waals surface area contributed by atoms with Gasteiger partial charge in [-0.2, -0.15) is 0 Å². The molecule has 2 nitrogen and oxygen atoms in total. The summed E-state index contributed by atoms with van der Waals surface area (Å²) in [6, 6.07) is 0. The molecule has 20 heavy (non-hydrogen) atoms. The molecular weight excluding hydrogens is 248 g/mol. The SMILES string of the molecule is CCCCCCCCO[C@@H]1CCC(C)(C)C[C@H]1C(C)=O. The molecule has 0 aliphatic heterocycles. The summed E-state index contributed by atoms with van der Waals surface area (Å²) in [5, 5.41) is 0. The van der Waals surface area contributed by atoms with Gasteiger partial charge in [0.2, 0.25) is 0 Å². The van der Waals surface area contributed by atoms with Crippen molar-refractivity contribution in [2.75, 3.05) is 6.61 Å². The Hall–Kier alpha value is -0.370. The lowest BCUT2D eigenvalue weighted by atomic mass is 9.69. The number of carbonyl (C=O) groups excluding carboxylic acids is 1. The van der Waals surface area contributed by atoms with Gasteiger partial charge in [0.05, 0.1) is 6.10 Å². The molecule has 0 unspecified atom stereocenters. The fourth-order valence-corrected chi connectivity index (χ4v) is 3.29. The van der Waals surface area contributed by atoms with Crippen molar-refractivity contribution in [3.05, 3.63) is 0 Å². The van der Waals surface area contributed by atoms with E-state index in [2.05, 4.69) is 20.8 Å². The van der Waals surface area contributed by atoms with Gasteiger partial charge in [0.15, 0.2) is 0 Å². The normalized spacial score (nSPS) is 25.6. The van der Waals surface area contributed by atoms with Crippen LogP contribution in [0.25, 0.3) is 0 Å². The molecule has 1 aliphatic rings. The molecule has 0 heterocycles. The summed E-state index contributed by atoms with van der Waals surface area (Å²) in [4.78, 5) is 11.8. The zero-order valence-electron chi connectivity index (χ0n) is 14.0. The quantitative estimate of drug-likeness (QED) is 0.547. The number of unbranched alkanes of at least 4 members (excludes halogenated alkanes) is 5. The molecule has 0 spiro atoms. The number of hydrogen-bond acceptors (Lipinski definition) is 2. The maximum absolute atomic E-state index is 11.8. The Balaban J connectivity index is 2.23. The highest BCUT2D eigenvalue weighted by molar-refractivity contribution is 5.79. The van der Waals surface area contributed by atoms with Crippen LogP contribution in [0.2, 0.25) is 0 Å². The van der Waals surface area contributed by atoms with Gasteiger partial charge in [0.1, 0.15) is 5.78 Å². The number of Topliss-reactive ketones (excluding diaryl/α,β-unsaturated/α-hetero) is 1. The first-order valence-electron chi connectivity index (χ1n) is 8.58. The number of carbonyl (C=O) groups is 1. The first-order chi connectivity index (χ1) is 9.46. The van der Waals surface area contributed by atoms with Gasteiger partial charge in [-0.1, -0.05) is 52.9 Å². The monoisotopic (exact) mass is 282 g/mol. The molecule has 1 aliphatic carbocycles. The predicted octanol–water partition coefficient (Wildman–Crippen LogP) is 5.15. The first kappa shape index (κ1) is 17.7. The summed E-state index contributed by atoms with van der Waals surface area (Å²) in [6.07, 6.45) is 11.1. The minimum atomic E-state index is 0.124. The van der Waals surface area contributed by atoms with Gasteiger partial charge in [-0.3, -0.25) is 4.79 Å². The lowest BCUT2D eigenvalue weighted by molar-refractivity contribution is -0.131. The van der Waals surface area contributed by atoms with Crippen molar-refractivity contribution in [1.82, 2.24) is 0 Å². The summed E-state index contributed by atoms with van der Waals surface area (Å²) >= 11 is 0. The van der Waals surface area contributed by atoms with Crippen molar-refractivity contribution < 1.29 is 9.53 Å². The van der Waals surface area contributed by atoms with E-state index < -0.39 is 0 Å². The van der Waals surface area contributed by atoms with Crippen molar-refractivity contribution in [2.24, 2.45) is 11.3 Å². The lowest BCUT2D eigenvalue weighted by Crippen LogP contribution is -2.39. The number of hydrogen-bond donors (Lipinski definition) is 0. The van der Waals surface area contributed by atoms with Crippen LogP contribution in [0.3, 0.4) is 0 Å². The molecule has 0 aromatic heterocycles. The van der Waals surface area contributed by atoms with E-state index in [9.17, 15) is 4.79 Å². The van der Waals surface area contributed by atoms with E-state index in [1.807, 2.05) is 0 Å². The number of rotatable bonds is 9. The van der Waals surface area contributed by atoms with Crippen LogP contribution >= 0.6 is 0 Å². The van der Waals surface area contributed by atoms with Crippen molar-refractivity contribution in [2.45, 2.75) is 91.6 Å². The molecular formula is C18H34O2. The molecule has 0 saturated heterocycles. The van der Waals surface area contributed by atoms with E-state index in [0.29, 0.717) is 11.2 Å². The average Bonchev–Trinajstić information content (AvgIpc) is 2.38. The molecule has 0 aromatic rings. The Labute approximate surface area is 125 Å². The molecule has 2 heteroatoms. The highest BCUT2D eigenvalue weighted by Gasteiger charge is 2.37. The van der Waals surface area contributed by atoms with Crippen molar-refractivity contribution in [3.8, 4) is 0 Å². The Kier molecular flexibility index (Phi) is 7.79. The highest BCUT2D eigenvalue weighted by Crippen LogP contribution is 2.40. The first-order valence-corrected chi connectivity index (χ1v) is 8.58. The van der Waals surface area contributed by atoms with Crippen LogP contribution in [0.4, 0.5) is 0 Å². The maximum Gasteiger partial charge on any atom is 0.135 e. The van der Waals surface area contributed by atoms with E-state index in [0.717, 1.165) is 25.9 Å². The van der Waals surface area contributed by atoms with Crippen LogP contribution < -0.4 is 0 Å². The van der Waals surface area contributed by atoms with Crippen LogP contribution in [0.1, 0.15) is 85.5 Å². The van der Waals surface area contributed by atoms with E-state index in [1.54, 1.807) is 6.92 Å². The Morgan fingerprint density at radius 2 is 1.80 bits per heavy atom. The molecule has 118 valence electrons. The van der Waals surface area contributed by atoms with Crippen molar-refractivity contribution in [1.29, 1.82) is 0 Å². The average molecular weight is 282 g/mol. The van der Waals surface area contributed by atoms with E-state index in [1.165, 1.54) is 38.5 Å². The molecule has 0 bridgehead atoms. The standard InChI is InChI=1S/C18H34O2/c1-5-6-7-8-9-10-13-20-17-11-12-18(3,4)14-16(17)15(2)19/h16-17H,5-14H2,1-4H3/t16-,17+/m0/s1. The van der Waals surface area contributed by atoms with Crippen LogP contribution in [0.5, 0.6) is 0 Å². The molecule has 1 rings (SSSR count). The summed E-state index contributed by atoms with van der Waals surface area (Å²) in [5.74, 6) is 0.435. The third-order valence-electron chi connectivity index (χ3n) is 4.68. The lowest BCUT2D eigenvalue weighted by Gasteiger charge is -2.39. The third kappa shape index (κ3) is 6.39. The van der Waals surface area contributed by atoms with Gasteiger partial charge in [-0.15, -0.1) is 0 Å². The summed E-state index contributed by atoms with van der Waals surface area (Å²) < 4.78 is 6.04. The zero-order valence-corrected chi connectivity index (χ0v) is 14.0. The van der Waals surface area contributed by atoms with Gasteiger partial charge in [-0.25, -0.2) is 0 Å². The summed E-state index contributed by atoms with van der Waals surface area (Å²) in [6.45, 7) is 9.35. The Morgan fingerprint density at radius 1 is 1.15 bits per heavy atom. The third-order valence-corrected chi connectivity index (χ3v) is 4.68. The van der Waals surface area contributed by atoms with Crippen molar-refractivity contribution >= 4 is 5.78 Å². The summed E-state index contributed by atoms with van der Waals surface area (Å²) in [7, 11) is 0. The van der Waals surface area contributed by atoms with Crippen LogP contribution in [0.15, 0.2) is 0 Å². The molecule has 0 amide bonds. The van der Waals surface area contributed by atoms with E-state index in [-0.39, 0.29) is 12.0 Å². The number of ketones is 1. The van der Waals surface area contributed by atoms with Crippen LogP contribution in [-0.2, 0) is 9.53 Å². The predicted molar refractivity (Wildman–Crippen MR) is 84.9 cm³/mol. The second-order valence-electron chi connectivity index (χ2n) is 7.30. The zero-order chi connectivity index (χ0) is 15.0. The van der Waals surface area contributed by atoms with Gasteiger partial charge < -0.3 is 4.74 Å². The largest absolute Gasteiger partial charge is 0.377 e. The van der Waals surface area contributed by atoms with Gasteiger partial charge in [0, 0.05) is 12.5 Å². The maximum atomic E-state index is 11.8. The second-order valence-corrected chi connectivity index (χ2v) is 7.30. The molecule has 1 fully saturated rings.